The molecule has 1 saturated carbocycles. The van der Waals surface area contributed by atoms with Gasteiger partial charge in [0.1, 0.15) is 0 Å². The molecule has 0 bridgehead atoms. The first-order valence-electron chi connectivity index (χ1n) is 6.50. The van der Waals surface area contributed by atoms with Crippen LogP contribution in [0.15, 0.2) is 0 Å². The van der Waals surface area contributed by atoms with E-state index in [2.05, 4.69) is 18.7 Å². The minimum absolute atomic E-state index is 0.355. The number of carboxylic acids is 1. The van der Waals surface area contributed by atoms with E-state index in [0.29, 0.717) is 12.3 Å². The molecule has 16 heavy (non-hydrogen) atoms. The van der Waals surface area contributed by atoms with Crippen molar-refractivity contribution in [1.82, 2.24) is 4.90 Å². The van der Waals surface area contributed by atoms with Crippen LogP contribution in [0.1, 0.15) is 39.5 Å². The SMILES string of the molecule is CC1CC(C)CC(N2CC(CC(=O)O)C2)C1. The third kappa shape index (κ3) is 2.76. The molecule has 92 valence electrons. The predicted octanol–water partition coefficient (Wildman–Crippen LogP) is 2.22. The van der Waals surface area contributed by atoms with Crippen molar-refractivity contribution in [2.75, 3.05) is 13.1 Å². The quantitative estimate of drug-likeness (QED) is 0.800. The molecule has 1 saturated heterocycles. The second-order valence-corrected chi connectivity index (χ2v) is 5.99. The summed E-state index contributed by atoms with van der Waals surface area (Å²) < 4.78 is 0. The van der Waals surface area contributed by atoms with E-state index >= 15 is 0 Å². The van der Waals surface area contributed by atoms with Crippen molar-refractivity contribution >= 4 is 5.97 Å². The summed E-state index contributed by atoms with van der Waals surface area (Å²) in [6.45, 7) is 6.71. The van der Waals surface area contributed by atoms with Gasteiger partial charge in [0, 0.05) is 19.1 Å². The normalized spacial score (nSPS) is 37.0. The lowest BCUT2D eigenvalue weighted by Crippen LogP contribution is -2.54. The van der Waals surface area contributed by atoms with Crippen molar-refractivity contribution in [1.29, 1.82) is 0 Å². The van der Waals surface area contributed by atoms with Crippen LogP contribution in [0.2, 0.25) is 0 Å². The molecular weight excluding hydrogens is 202 g/mol. The molecule has 0 aromatic rings. The Bertz CT molecular complexity index is 251. The summed E-state index contributed by atoms with van der Waals surface area (Å²) in [4.78, 5) is 13.1. The monoisotopic (exact) mass is 225 g/mol. The van der Waals surface area contributed by atoms with Crippen molar-refractivity contribution < 1.29 is 9.90 Å². The first-order chi connectivity index (χ1) is 7.54. The molecule has 2 atom stereocenters. The maximum absolute atomic E-state index is 10.6. The molecule has 0 amide bonds. The van der Waals surface area contributed by atoms with Gasteiger partial charge in [-0.1, -0.05) is 13.8 Å². The summed E-state index contributed by atoms with van der Waals surface area (Å²) in [5, 5.41) is 8.71. The molecule has 3 nitrogen and oxygen atoms in total. The highest BCUT2D eigenvalue weighted by Crippen LogP contribution is 2.35. The minimum atomic E-state index is -0.643. The largest absolute Gasteiger partial charge is 0.481 e. The van der Waals surface area contributed by atoms with E-state index in [1.165, 1.54) is 19.3 Å². The first kappa shape index (κ1) is 11.9. The van der Waals surface area contributed by atoms with Crippen molar-refractivity contribution in [3.8, 4) is 0 Å². The fourth-order valence-electron chi connectivity index (χ4n) is 3.49. The van der Waals surface area contributed by atoms with Crippen LogP contribution < -0.4 is 0 Å². The Labute approximate surface area is 97.8 Å². The topological polar surface area (TPSA) is 40.5 Å². The van der Waals surface area contributed by atoms with Crippen LogP contribution in [0.3, 0.4) is 0 Å². The molecular formula is C13H23NO2. The van der Waals surface area contributed by atoms with Gasteiger partial charge in [-0.25, -0.2) is 0 Å². The lowest BCUT2D eigenvalue weighted by molar-refractivity contribution is -0.140. The molecule has 1 aliphatic heterocycles. The van der Waals surface area contributed by atoms with Crippen LogP contribution in [0.25, 0.3) is 0 Å². The molecule has 1 aliphatic carbocycles. The third-order valence-corrected chi connectivity index (χ3v) is 4.12. The van der Waals surface area contributed by atoms with E-state index in [-0.39, 0.29) is 0 Å². The summed E-state index contributed by atoms with van der Waals surface area (Å²) in [5.74, 6) is 1.44. The zero-order valence-electron chi connectivity index (χ0n) is 10.4. The molecule has 0 aromatic heterocycles. The molecule has 2 rings (SSSR count). The van der Waals surface area contributed by atoms with E-state index in [1.807, 2.05) is 0 Å². The Kier molecular flexibility index (Phi) is 3.53. The Hall–Kier alpha value is -0.570. The zero-order chi connectivity index (χ0) is 11.7. The summed E-state index contributed by atoms with van der Waals surface area (Å²) in [6, 6.07) is 0.726. The van der Waals surface area contributed by atoms with E-state index in [0.717, 1.165) is 31.0 Å². The van der Waals surface area contributed by atoms with Gasteiger partial charge in [-0.15, -0.1) is 0 Å². The van der Waals surface area contributed by atoms with Crippen molar-refractivity contribution in [2.24, 2.45) is 17.8 Å². The average molecular weight is 225 g/mol. The Morgan fingerprint density at radius 3 is 2.25 bits per heavy atom. The lowest BCUT2D eigenvalue weighted by atomic mass is 9.78. The van der Waals surface area contributed by atoms with Gasteiger partial charge in [0.2, 0.25) is 0 Å². The molecule has 0 aromatic carbocycles. The van der Waals surface area contributed by atoms with Crippen molar-refractivity contribution in [3.63, 3.8) is 0 Å². The van der Waals surface area contributed by atoms with E-state index in [9.17, 15) is 4.79 Å². The Morgan fingerprint density at radius 1 is 1.19 bits per heavy atom. The van der Waals surface area contributed by atoms with Gasteiger partial charge in [0.15, 0.2) is 0 Å². The fraction of sp³-hybridized carbons (Fsp3) is 0.923. The number of aliphatic carboxylic acids is 1. The highest BCUT2D eigenvalue weighted by atomic mass is 16.4. The zero-order valence-corrected chi connectivity index (χ0v) is 10.4. The van der Waals surface area contributed by atoms with Gasteiger partial charge in [-0.05, 0) is 37.0 Å². The number of rotatable bonds is 3. The van der Waals surface area contributed by atoms with Gasteiger partial charge in [0.05, 0.1) is 6.42 Å². The minimum Gasteiger partial charge on any atom is -0.481 e. The number of hydrogen-bond acceptors (Lipinski definition) is 2. The van der Waals surface area contributed by atoms with Crippen LogP contribution in [0.4, 0.5) is 0 Å². The highest BCUT2D eigenvalue weighted by molar-refractivity contribution is 5.67. The second kappa shape index (κ2) is 4.74. The second-order valence-electron chi connectivity index (χ2n) is 5.99. The van der Waals surface area contributed by atoms with Gasteiger partial charge < -0.3 is 5.11 Å². The number of carboxylic acid groups (broad SMARTS) is 1. The lowest BCUT2D eigenvalue weighted by Gasteiger charge is -2.47. The van der Waals surface area contributed by atoms with Crippen LogP contribution >= 0.6 is 0 Å². The van der Waals surface area contributed by atoms with Crippen molar-refractivity contribution in [2.45, 2.75) is 45.6 Å². The summed E-state index contributed by atoms with van der Waals surface area (Å²) in [6.07, 6.45) is 4.34. The molecule has 3 heteroatoms. The van der Waals surface area contributed by atoms with E-state index in [4.69, 9.17) is 5.11 Å². The summed E-state index contributed by atoms with van der Waals surface area (Å²) in [7, 11) is 0. The molecule has 1 N–H and O–H groups in total. The fourth-order valence-corrected chi connectivity index (χ4v) is 3.49. The van der Waals surface area contributed by atoms with Gasteiger partial charge >= 0.3 is 5.97 Å². The average Bonchev–Trinajstić information content (AvgIpc) is 2.08. The molecule has 2 fully saturated rings. The number of likely N-dealkylation sites (tertiary alicyclic amines) is 1. The standard InChI is InChI=1S/C13H23NO2/c1-9-3-10(2)5-12(4-9)14-7-11(8-14)6-13(15)16/h9-12H,3-8H2,1-2H3,(H,15,16). The number of hydrogen-bond donors (Lipinski definition) is 1. The third-order valence-electron chi connectivity index (χ3n) is 4.12. The van der Waals surface area contributed by atoms with E-state index < -0.39 is 5.97 Å². The summed E-state index contributed by atoms with van der Waals surface area (Å²) >= 11 is 0. The molecule has 2 aliphatic rings. The van der Waals surface area contributed by atoms with Crippen LogP contribution in [0, 0.1) is 17.8 Å². The molecule has 0 radical (unpaired) electrons. The van der Waals surface area contributed by atoms with Gasteiger partial charge in [-0.2, -0.15) is 0 Å². The van der Waals surface area contributed by atoms with Crippen LogP contribution in [-0.4, -0.2) is 35.1 Å². The van der Waals surface area contributed by atoms with Gasteiger partial charge in [-0.3, -0.25) is 9.69 Å². The highest BCUT2D eigenvalue weighted by Gasteiger charge is 2.36. The Balaban J connectivity index is 1.76. The van der Waals surface area contributed by atoms with Crippen molar-refractivity contribution in [3.05, 3.63) is 0 Å². The molecule has 1 heterocycles. The molecule has 2 unspecified atom stereocenters. The smallest absolute Gasteiger partial charge is 0.303 e. The van der Waals surface area contributed by atoms with E-state index in [1.54, 1.807) is 0 Å². The molecule has 0 spiro atoms. The maximum atomic E-state index is 10.6. The maximum Gasteiger partial charge on any atom is 0.303 e. The van der Waals surface area contributed by atoms with Crippen LogP contribution in [0.5, 0.6) is 0 Å². The van der Waals surface area contributed by atoms with Crippen LogP contribution in [-0.2, 0) is 4.79 Å². The Morgan fingerprint density at radius 2 is 1.75 bits per heavy atom. The number of nitrogens with zero attached hydrogens (tertiary/aromatic N) is 1. The predicted molar refractivity (Wildman–Crippen MR) is 63.3 cm³/mol. The summed E-state index contributed by atoms with van der Waals surface area (Å²) in [5.41, 5.74) is 0. The number of carbonyl (C=O) groups is 1. The van der Waals surface area contributed by atoms with Gasteiger partial charge in [0.25, 0.3) is 0 Å². The first-order valence-corrected chi connectivity index (χ1v) is 6.50.